The molecule has 1 aromatic carbocycles. The van der Waals surface area contributed by atoms with Crippen LogP contribution in [0.2, 0.25) is 0 Å². The van der Waals surface area contributed by atoms with Crippen molar-refractivity contribution in [1.82, 2.24) is 10.2 Å². The lowest BCUT2D eigenvalue weighted by atomic mass is 10.0. The van der Waals surface area contributed by atoms with Gasteiger partial charge in [-0.1, -0.05) is 6.07 Å². The second kappa shape index (κ2) is 7.14. The average Bonchev–Trinajstić information content (AvgIpc) is 2.36. The first-order valence-corrected chi connectivity index (χ1v) is 6.52. The van der Waals surface area contributed by atoms with Gasteiger partial charge in [0.15, 0.2) is 0 Å². The van der Waals surface area contributed by atoms with E-state index in [1.54, 1.807) is 19.1 Å². The van der Waals surface area contributed by atoms with Crippen LogP contribution < -0.4 is 10.1 Å². The highest BCUT2D eigenvalue weighted by molar-refractivity contribution is 5.77. The van der Waals surface area contributed by atoms with Gasteiger partial charge in [-0.25, -0.2) is 0 Å². The van der Waals surface area contributed by atoms with Crippen LogP contribution in [0.4, 0.5) is 0 Å². The van der Waals surface area contributed by atoms with Gasteiger partial charge in [0.1, 0.15) is 5.75 Å². The molecular weight excluding hydrogens is 240 g/mol. The lowest BCUT2D eigenvalue weighted by Gasteiger charge is -2.19. The Kier molecular flexibility index (Phi) is 5.83. The summed E-state index contributed by atoms with van der Waals surface area (Å²) in [5, 5.41) is 2.87. The molecule has 0 aliphatic carbocycles. The van der Waals surface area contributed by atoms with E-state index in [2.05, 4.69) is 25.2 Å². The minimum atomic E-state index is 0.103. The molecule has 0 heterocycles. The maximum absolute atomic E-state index is 11.7. The summed E-state index contributed by atoms with van der Waals surface area (Å²) in [4.78, 5) is 13.4. The third kappa shape index (κ3) is 4.24. The zero-order valence-electron chi connectivity index (χ0n) is 12.5. The van der Waals surface area contributed by atoms with E-state index in [1.165, 1.54) is 16.7 Å². The van der Waals surface area contributed by atoms with Crippen LogP contribution in [-0.4, -0.2) is 45.1 Å². The van der Waals surface area contributed by atoms with Crippen molar-refractivity contribution in [3.63, 3.8) is 0 Å². The maximum atomic E-state index is 11.7. The molecule has 4 heteroatoms. The van der Waals surface area contributed by atoms with Gasteiger partial charge >= 0.3 is 0 Å². The predicted octanol–water partition coefficient (Wildman–Crippen LogP) is 1.53. The molecule has 1 amide bonds. The number of methoxy groups -OCH3 is 1. The van der Waals surface area contributed by atoms with Crippen LogP contribution in [0.15, 0.2) is 12.1 Å². The Morgan fingerprint density at radius 2 is 2.05 bits per heavy atom. The number of likely N-dealkylation sites (N-methyl/N-ethyl adjacent to an activating group) is 2. The summed E-state index contributed by atoms with van der Waals surface area (Å²) in [5.74, 6) is 1.01. The summed E-state index contributed by atoms with van der Waals surface area (Å²) in [6.07, 6.45) is 0.807. The van der Waals surface area contributed by atoms with E-state index in [9.17, 15) is 4.79 Å². The lowest BCUT2D eigenvalue weighted by Crippen LogP contribution is -2.35. The van der Waals surface area contributed by atoms with Gasteiger partial charge in [0, 0.05) is 13.6 Å². The molecule has 0 fully saturated rings. The highest BCUT2D eigenvalue weighted by Crippen LogP contribution is 2.24. The Labute approximate surface area is 115 Å². The number of benzene rings is 1. The summed E-state index contributed by atoms with van der Waals surface area (Å²) in [6, 6.07) is 4.19. The maximum Gasteiger partial charge on any atom is 0.236 e. The van der Waals surface area contributed by atoms with Crippen molar-refractivity contribution >= 4 is 5.91 Å². The first-order valence-electron chi connectivity index (χ1n) is 6.52. The molecule has 19 heavy (non-hydrogen) atoms. The Bertz CT molecular complexity index is 444. The molecule has 0 aromatic heterocycles. The minimum absolute atomic E-state index is 0.103. The standard InChI is InChI=1S/C15H24N2O2/c1-11-8-12(2)13(14(9-11)19-5)6-7-17(4)15(18)10-16-3/h8-9,16H,6-7,10H2,1-5H3. The Hall–Kier alpha value is -1.55. The molecule has 106 valence electrons. The summed E-state index contributed by atoms with van der Waals surface area (Å²) >= 11 is 0. The number of rotatable bonds is 6. The molecule has 0 bridgehead atoms. The average molecular weight is 264 g/mol. The van der Waals surface area contributed by atoms with Crippen LogP contribution in [0.25, 0.3) is 0 Å². The fraction of sp³-hybridized carbons (Fsp3) is 0.533. The number of hydrogen-bond donors (Lipinski definition) is 1. The van der Waals surface area contributed by atoms with Gasteiger partial charge < -0.3 is 15.0 Å². The van der Waals surface area contributed by atoms with Gasteiger partial charge in [-0.15, -0.1) is 0 Å². The lowest BCUT2D eigenvalue weighted by molar-refractivity contribution is -0.128. The van der Waals surface area contributed by atoms with Gasteiger partial charge in [0.25, 0.3) is 0 Å². The molecule has 0 unspecified atom stereocenters. The second-order valence-corrected chi connectivity index (χ2v) is 4.86. The smallest absolute Gasteiger partial charge is 0.236 e. The molecule has 0 spiro atoms. The van der Waals surface area contributed by atoms with Crippen molar-refractivity contribution in [1.29, 1.82) is 0 Å². The van der Waals surface area contributed by atoms with Crippen LogP contribution in [-0.2, 0) is 11.2 Å². The van der Waals surface area contributed by atoms with Crippen molar-refractivity contribution in [2.45, 2.75) is 20.3 Å². The normalized spacial score (nSPS) is 10.4. The van der Waals surface area contributed by atoms with Crippen LogP contribution in [0.5, 0.6) is 5.75 Å². The summed E-state index contributed by atoms with van der Waals surface area (Å²) in [5.41, 5.74) is 3.58. The molecule has 0 atom stereocenters. The first kappa shape index (κ1) is 15.5. The number of amides is 1. The van der Waals surface area contributed by atoms with Crippen molar-refractivity contribution in [3.8, 4) is 5.75 Å². The molecular formula is C15H24N2O2. The molecule has 1 rings (SSSR count). The fourth-order valence-electron chi connectivity index (χ4n) is 2.15. The third-order valence-corrected chi connectivity index (χ3v) is 3.25. The van der Waals surface area contributed by atoms with Crippen molar-refractivity contribution in [2.24, 2.45) is 0 Å². The molecule has 1 N–H and O–H groups in total. The third-order valence-electron chi connectivity index (χ3n) is 3.25. The quantitative estimate of drug-likeness (QED) is 0.847. The predicted molar refractivity (Wildman–Crippen MR) is 77.7 cm³/mol. The molecule has 0 aliphatic heterocycles. The van der Waals surface area contributed by atoms with E-state index in [0.717, 1.165) is 12.2 Å². The van der Waals surface area contributed by atoms with Gasteiger partial charge in [0.2, 0.25) is 5.91 Å². The SMILES string of the molecule is CNCC(=O)N(C)CCc1c(C)cc(C)cc1OC. The zero-order chi connectivity index (χ0) is 14.4. The Morgan fingerprint density at radius 3 is 2.63 bits per heavy atom. The Morgan fingerprint density at radius 1 is 1.37 bits per heavy atom. The highest BCUT2D eigenvalue weighted by Gasteiger charge is 2.11. The minimum Gasteiger partial charge on any atom is -0.496 e. The second-order valence-electron chi connectivity index (χ2n) is 4.86. The highest BCUT2D eigenvalue weighted by atomic mass is 16.5. The molecule has 0 aliphatic rings. The van der Waals surface area contributed by atoms with E-state index in [4.69, 9.17) is 4.74 Å². The monoisotopic (exact) mass is 264 g/mol. The number of nitrogens with zero attached hydrogens (tertiary/aromatic N) is 1. The van der Waals surface area contributed by atoms with E-state index < -0.39 is 0 Å². The van der Waals surface area contributed by atoms with Crippen molar-refractivity contribution in [3.05, 3.63) is 28.8 Å². The van der Waals surface area contributed by atoms with Gasteiger partial charge in [0.05, 0.1) is 13.7 Å². The van der Waals surface area contributed by atoms with Crippen molar-refractivity contribution in [2.75, 3.05) is 34.3 Å². The van der Waals surface area contributed by atoms with Gasteiger partial charge in [-0.05, 0) is 50.1 Å². The fourth-order valence-corrected chi connectivity index (χ4v) is 2.15. The number of carbonyl (C=O) groups excluding carboxylic acids is 1. The Balaban J connectivity index is 2.75. The van der Waals surface area contributed by atoms with Gasteiger partial charge in [-0.2, -0.15) is 0 Å². The van der Waals surface area contributed by atoms with Crippen LogP contribution in [0.1, 0.15) is 16.7 Å². The zero-order valence-corrected chi connectivity index (χ0v) is 12.5. The molecule has 4 nitrogen and oxygen atoms in total. The van der Waals surface area contributed by atoms with Gasteiger partial charge in [-0.3, -0.25) is 4.79 Å². The van der Waals surface area contributed by atoms with Crippen LogP contribution in [0, 0.1) is 13.8 Å². The van der Waals surface area contributed by atoms with Crippen molar-refractivity contribution < 1.29 is 9.53 Å². The number of aryl methyl sites for hydroxylation is 2. The van der Waals surface area contributed by atoms with E-state index >= 15 is 0 Å². The van der Waals surface area contributed by atoms with E-state index in [0.29, 0.717) is 13.1 Å². The summed E-state index contributed by atoms with van der Waals surface area (Å²) < 4.78 is 5.43. The van der Waals surface area contributed by atoms with E-state index in [1.807, 2.05) is 13.1 Å². The molecule has 1 aromatic rings. The topological polar surface area (TPSA) is 41.6 Å². The largest absolute Gasteiger partial charge is 0.496 e. The molecule has 0 saturated carbocycles. The van der Waals surface area contributed by atoms with Crippen LogP contribution in [0.3, 0.4) is 0 Å². The number of ether oxygens (including phenoxy) is 1. The molecule has 0 radical (unpaired) electrons. The summed E-state index contributed by atoms with van der Waals surface area (Å²) in [7, 11) is 5.29. The number of carbonyl (C=O) groups is 1. The number of nitrogens with one attached hydrogen (secondary N) is 1. The summed E-state index contributed by atoms with van der Waals surface area (Å²) in [6.45, 7) is 5.21. The van der Waals surface area contributed by atoms with E-state index in [-0.39, 0.29) is 5.91 Å². The van der Waals surface area contributed by atoms with Crippen LogP contribution >= 0.6 is 0 Å². The molecule has 0 saturated heterocycles. The number of hydrogen-bond acceptors (Lipinski definition) is 3. The first-order chi connectivity index (χ1) is 8.99.